The van der Waals surface area contributed by atoms with E-state index in [0.29, 0.717) is 10.9 Å². The van der Waals surface area contributed by atoms with E-state index in [4.69, 9.17) is 23.4 Å². The molecule has 2 fully saturated rings. The average molecular weight is 484 g/mol. The van der Waals surface area contributed by atoms with Crippen LogP contribution in [0, 0.1) is 6.92 Å². The number of benzene rings is 1. The fourth-order valence-corrected chi connectivity index (χ4v) is 4.10. The Labute approximate surface area is 193 Å². The lowest BCUT2D eigenvalue weighted by Gasteiger charge is -2.45. The molecule has 188 valence electrons. The Morgan fingerprint density at radius 3 is 2.35 bits per heavy atom. The predicted molar refractivity (Wildman–Crippen MR) is 113 cm³/mol. The van der Waals surface area contributed by atoms with E-state index in [1.165, 1.54) is 19.1 Å². The average Bonchev–Trinajstić information content (AvgIpc) is 2.79. The van der Waals surface area contributed by atoms with Crippen molar-refractivity contribution < 1.29 is 54.0 Å². The van der Waals surface area contributed by atoms with E-state index in [9.17, 15) is 35.4 Å². The van der Waals surface area contributed by atoms with Crippen molar-refractivity contribution in [2.45, 2.75) is 75.3 Å². The molecule has 2 saturated heterocycles. The minimum atomic E-state index is -1.67. The van der Waals surface area contributed by atoms with E-state index in [1.54, 1.807) is 19.1 Å². The summed E-state index contributed by atoms with van der Waals surface area (Å²) in [5.74, 6) is 0.165. The summed E-state index contributed by atoms with van der Waals surface area (Å²) in [7, 11) is 0. The van der Waals surface area contributed by atoms with Crippen LogP contribution in [0.2, 0.25) is 0 Å². The molecule has 1 aromatic carbocycles. The fourth-order valence-electron chi connectivity index (χ4n) is 4.10. The molecule has 0 radical (unpaired) electrons. The van der Waals surface area contributed by atoms with Crippen LogP contribution in [0.25, 0.3) is 11.0 Å². The normalized spacial score (nSPS) is 38.7. The van der Waals surface area contributed by atoms with E-state index in [-0.39, 0.29) is 11.3 Å². The lowest BCUT2D eigenvalue weighted by molar-refractivity contribution is -0.349. The quantitative estimate of drug-likeness (QED) is 0.260. The van der Waals surface area contributed by atoms with E-state index >= 15 is 0 Å². The molecule has 12 heteroatoms. The largest absolute Gasteiger partial charge is 0.462 e. The maximum absolute atomic E-state index is 11.7. The molecule has 0 bridgehead atoms. The summed E-state index contributed by atoms with van der Waals surface area (Å²) in [6.45, 7) is 2.56. The smallest absolute Gasteiger partial charge is 0.336 e. The number of rotatable bonds is 5. The maximum Gasteiger partial charge on any atom is 0.336 e. The van der Waals surface area contributed by atoms with Gasteiger partial charge in [-0.2, -0.15) is 0 Å². The Bertz CT molecular complexity index is 1060. The highest BCUT2D eigenvalue weighted by molar-refractivity contribution is 5.81. The highest BCUT2D eigenvalue weighted by Crippen LogP contribution is 2.31. The van der Waals surface area contributed by atoms with Crippen LogP contribution in [-0.2, 0) is 14.2 Å². The van der Waals surface area contributed by atoms with Crippen LogP contribution < -0.4 is 10.4 Å². The SMILES string of the molecule is Cc1cc(=O)oc2cc(O[C@@H]3O[C@H](CO)[C@H](O)[C@H](O[C@@H]4O[C@@H](C)[C@@H](O)[C@H](O)[C@H]4O)[C@H]3O)ccc12. The molecule has 2 aliphatic heterocycles. The molecule has 0 aliphatic carbocycles. The molecule has 3 heterocycles. The highest BCUT2D eigenvalue weighted by atomic mass is 16.7. The van der Waals surface area contributed by atoms with E-state index < -0.39 is 73.6 Å². The van der Waals surface area contributed by atoms with Gasteiger partial charge >= 0.3 is 5.63 Å². The lowest BCUT2D eigenvalue weighted by atomic mass is 9.97. The van der Waals surface area contributed by atoms with Crippen molar-refractivity contribution in [2.24, 2.45) is 0 Å². The van der Waals surface area contributed by atoms with Gasteiger partial charge in [-0.25, -0.2) is 4.79 Å². The summed E-state index contributed by atoms with van der Waals surface area (Å²) in [4.78, 5) is 11.7. The second kappa shape index (κ2) is 9.85. The zero-order valence-corrected chi connectivity index (χ0v) is 18.4. The Hall–Kier alpha value is -2.13. The number of hydrogen-bond acceptors (Lipinski definition) is 12. The first-order valence-corrected chi connectivity index (χ1v) is 10.8. The molecule has 12 nitrogen and oxygen atoms in total. The maximum atomic E-state index is 11.7. The first-order chi connectivity index (χ1) is 16.1. The number of aliphatic hydroxyl groups excluding tert-OH is 6. The number of fused-ring (bicyclic) bond motifs is 1. The van der Waals surface area contributed by atoms with Crippen LogP contribution >= 0.6 is 0 Å². The molecule has 6 N–H and O–H groups in total. The summed E-state index contributed by atoms with van der Waals surface area (Å²) in [6, 6.07) is 6.01. The van der Waals surface area contributed by atoms with Crippen molar-refractivity contribution in [2.75, 3.05) is 6.61 Å². The monoisotopic (exact) mass is 484 g/mol. The summed E-state index contributed by atoms with van der Waals surface area (Å²) in [5, 5.41) is 61.8. The highest BCUT2D eigenvalue weighted by Gasteiger charge is 2.50. The van der Waals surface area contributed by atoms with Crippen LogP contribution in [0.1, 0.15) is 12.5 Å². The zero-order valence-electron chi connectivity index (χ0n) is 18.4. The van der Waals surface area contributed by atoms with E-state index in [0.717, 1.165) is 0 Å². The van der Waals surface area contributed by atoms with Gasteiger partial charge in [-0.15, -0.1) is 0 Å². The van der Waals surface area contributed by atoms with Gasteiger partial charge in [0.2, 0.25) is 6.29 Å². The van der Waals surface area contributed by atoms with E-state index in [1.807, 2.05) is 0 Å². The van der Waals surface area contributed by atoms with Gasteiger partial charge in [0.1, 0.15) is 54.1 Å². The molecule has 1 aromatic heterocycles. The Morgan fingerprint density at radius 1 is 0.912 bits per heavy atom. The topological polar surface area (TPSA) is 189 Å². The minimum Gasteiger partial charge on any atom is -0.462 e. The van der Waals surface area contributed by atoms with Gasteiger partial charge in [-0.05, 0) is 31.5 Å². The lowest BCUT2D eigenvalue weighted by Crippen LogP contribution is -2.64. The second-order valence-electron chi connectivity index (χ2n) is 8.51. The van der Waals surface area contributed by atoms with Gasteiger partial charge in [-0.3, -0.25) is 0 Å². The molecule has 4 rings (SSSR count). The second-order valence-corrected chi connectivity index (χ2v) is 8.51. The van der Waals surface area contributed by atoms with Crippen LogP contribution in [-0.4, -0.2) is 98.7 Å². The van der Waals surface area contributed by atoms with Crippen LogP contribution in [0.15, 0.2) is 33.5 Å². The molecular formula is C22H28O12. The Kier molecular flexibility index (Phi) is 7.24. The molecule has 0 unspecified atom stereocenters. The molecule has 34 heavy (non-hydrogen) atoms. The van der Waals surface area contributed by atoms with Crippen molar-refractivity contribution in [1.29, 1.82) is 0 Å². The first kappa shape index (κ1) is 25.0. The zero-order chi connectivity index (χ0) is 24.7. The van der Waals surface area contributed by atoms with Crippen molar-refractivity contribution >= 4 is 11.0 Å². The minimum absolute atomic E-state index is 0.165. The molecule has 2 aliphatic rings. The van der Waals surface area contributed by atoms with Gasteiger partial charge < -0.3 is 54.0 Å². The summed E-state index contributed by atoms with van der Waals surface area (Å²) >= 11 is 0. The number of aryl methyl sites for hydroxylation is 1. The number of ether oxygens (including phenoxy) is 4. The molecule has 2 aromatic rings. The third-order valence-electron chi connectivity index (χ3n) is 6.10. The van der Waals surface area contributed by atoms with E-state index in [2.05, 4.69) is 0 Å². The predicted octanol–water partition coefficient (Wildman–Crippen LogP) is -1.87. The van der Waals surface area contributed by atoms with Crippen molar-refractivity contribution in [3.05, 3.63) is 40.2 Å². The first-order valence-electron chi connectivity index (χ1n) is 10.8. The summed E-state index contributed by atoms with van der Waals surface area (Å²) in [6.07, 6.45) is -14.3. The fraction of sp³-hybridized carbons (Fsp3) is 0.591. The third kappa shape index (κ3) is 4.69. The van der Waals surface area contributed by atoms with Crippen LogP contribution in [0.3, 0.4) is 0 Å². The molecule has 0 spiro atoms. The van der Waals surface area contributed by atoms with Crippen LogP contribution in [0.5, 0.6) is 5.75 Å². The standard InChI is InChI=1S/C22H28O12/c1-8-5-14(24)32-12-6-10(3-4-11(8)12)31-22-19(29)20(16(26)13(7-23)33-22)34-21-18(28)17(27)15(25)9(2)30-21/h3-6,9,13,15-23,25-29H,7H2,1-2H3/t9-,13+,15+,16-,17-,18+,19+,20-,21-,22+/m0/s1. The van der Waals surface area contributed by atoms with Crippen molar-refractivity contribution in [1.82, 2.24) is 0 Å². The molecule has 10 atom stereocenters. The Balaban J connectivity index is 1.56. The van der Waals surface area contributed by atoms with Crippen molar-refractivity contribution in [3.63, 3.8) is 0 Å². The van der Waals surface area contributed by atoms with Gasteiger partial charge in [0.15, 0.2) is 6.29 Å². The van der Waals surface area contributed by atoms with Crippen molar-refractivity contribution in [3.8, 4) is 5.75 Å². The number of hydrogen-bond donors (Lipinski definition) is 6. The summed E-state index contributed by atoms with van der Waals surface area (Å²) < 4.78 is 27.4. The van der Waals surface area contributed by atoms with Crippen LogP contribution in [0.4, 0.5) is 0 Å². The van der Waals surface area contributed by atoms with Gasteiger partial charge in [0.25, 0.3) is 0 Å². The molecular weight excluding hydrogens is 456 g/mol. The third-order valence-corrected chi connectivity index (χ3v) is 6.10. The Morgan fingerprint density at radius 2 is 1.65 bits per heavy atom. The number of aliphatic hydroxyl groups is 6. The summed E-state index contributed by atoms with van der Waals surface area (Å²) in [5.41, 5.74) is 0.413. The van der Waals surface area contributed by atoms with Gasteiger partial charge in [-0.1, -0.05) is 0 Å². The van der Waals surface area contributed by atoms with Gasteiger partial charge in [0, 0.05) is 17.5 Å². The van der Waals surface area contributed by atoms with Gasteiger partial charge in [0.05, 0.1) is 12.7 Å². The molecule has 0 amide bonds. The molecule has 0 saturated carbocycles.